The van der Waals surface area contributed by atoms with Crippen LogP contribution in [0.3, 0.4) is 0 Å². The summed E-state index contributed by atoms with van der Waals surface area (Å²) in [6.07, 6.45) is 9.27. The lowest BCUT2D eigenvalue weighted by molar-refractivity contribution is 0.000231. The van der Waals surface area contributed by atoms with Crippen molar-refractivity contribution in [3.63, 3.8) is 0 Å². The first-order valence-electron chi connectivity index (χ1n) is 10.6. The van der Waals surface area contributed by atoms with Crippen molar-refractivity contribution in [1.82, 2.24) is 9.80 Å². The molecule has 2 nitrogen and oxygen atoms in total. The van der Waals surface area contributed by atoms with Crippen LogP contribution in [0.2, 0.25) is 0 Å². The molecule has 0 saturated heterocycles. The second-order valence-electron chi connectivity index (χ2n) is 7.54. The van der Waals surface area contributed by atoms with Gasteiger partial charge in [0.25, 0.3) is 0 Å². The van der Waals surface area contributed by atoms with Gasteiger partial charge in [0, 0.05) is 37.8 Å². The monoisotopic (exact) mass is 362 g/mol. The zero-order valence-electron chi connectivity index (χ0n) is 17.1. The number of nitrogens with zero attached hydrogens (tertiary/aromatic N) is 2. The average molecular weight is 363 g/mol. The molecule has 27 heavy (non-hydrogen) atoms. The molecule has 1 heterocycles. The van der Waals surface area contributed by atoms with E-state index in [9.17, 15) is 0 Å². The van der Waals surface area contributed by atoms with Gasteiger partial charge < -0.3 is 9.80 Å². The topological polar surface area (TPSA) is 6.48 Å². The predicted molar refractivity (Wildman–Crippen MR) is 115 cm³/mol. The first kappa shape index (κ1) is 19.5. The summed E-state index contributed by atoms with van der Waals surface area (Å²) in [4.78, 5) is 5.21. The third-order valence-corrected chi connectivity index (χ3v) is 5.99. The standard InChI is InChI=1S/C25H34N2/c1-4-7-18-27-20-19-26(6-3)25(27,21-22-14-10-8-11-15-22)24(5-2)23-16-12-9-13-17-23/h8-17,19-20,24H,4-7,18,21H2,1-3H3. The van der Waals surface area contributed by atoms with Crippen molar-refractivity contribution >= 4 is 0 Å². The third-order valence-electron chi connectivity index (χ3n) is 5.99. The fourth-order valence-electron chi connectivity index (χ4n) is 4.70. The molecule has 0 fully saturated rings. The molecular formula is C25H34N2. The molecule has 0 radical (unpaired) electrons. The Kier molecular flexibility index (Phi) is 6.60. The number of hydrogen-bond donors (Lipinski definition) is 0. The Hall–Kier alpha value is -2.22. The van der Waals surface area contributed by atoms with Crippen LogP contribution in [-0.4, -0.2) is 28.6 Å². The summed E-state index contributed by atoms with van der Waals surface area (Å²) in [5.74, 6) is 0.450. The maximum atomic E-state index is 2.63. The fourth-order valence-corrected chi connectivity index (χ4v) is 4.70. The van der Waals surface area contributed by atoms with Crippen LogP contribution >= 0.6 is 0 Å². The van der Waals surface area contributed by atoms with Gasteiger partial charge in [-0.1, -0.05) is 80.9 Å². The lowest BCUT2D eigenvalue weighted by Crippen LogP contribution is -2.59. The molecule has 0 bridgehead atoms. The van der Waals surface area contributed by atoms with Crippen LogP contribution in [-0.2, 0) is 6.42 Å². The van der Waals surface area contributed by atoms with Crippen molar-refractivity contribution in [3.8, 4) is 0 Å². The molecule has 0 N–H and O–H groups in total. The SMILES string of the molecule is CCCCN1C=CN(CC)C1(Cc1ccccc1)C(CC)c1ccccc1. The first-order valence-corrected chi connectivity index (χ1v) is 10.6. The van der Waals surface area contributed by atoms with Crippen LogP contribution in [0.25, 0.3) is 0 Å². The molecule has 1 aliphatic rings. The first-order chi connectivity index (χ1) is 13.3. The van der Waals surface area contributed by atoms with Crippen LogP contribution in [0.5, 0.6) is 0 Å². The van der Waals surface area contributed by atoms with Crippen molar-refractivity contribution in [2.45, 2.75) is 58.0 Å². The minimum Gasteiger partial charge on any atom is -0.353 e. The van der Waals surface area contributed by atoms with Gasteiger partial charge in [0.05, 0.1) is 0 Å². The lowest BCUT2D eigenvalue weighted by atomic mass is 9.78. The van der Waals surface area contributed by atoms with Crippen LogP contribution in [0.1, 0.15) is 57.1 Å². The van der Waals surface area contributed by atoms with Crippen molar-refractivity contribution < 1.29 is 0 Å². The highest BCUT2D eigenvalue weighted by Crippen LogP contribution is 2.44. The third kappa shape index (κ3) is 3.90. The van der Waals surface area contributed by atoms with Gasteiger partial charge in [0.2, 0.25) is 0 Å². The van der Waals surface area contributed by atoms with Crippen molar-refractivity contribution in [2.24, 2.45) is 0 Å². The largest absolute Gasteiger partial charge is 0.353 e. The molecular weight excluding hydrogens is 328 g/mol. The Morgan fingerprint density at radius 3 is 2.04 bits per heavy atom. The van der Waals surface area contributed by atoms with Gasteiger partial charge in [-0.3, -0.25) is 0 Å². The molecule has 2 atom stereocenters. The van der Waals surface area contributed by atoms with E-state index in [2.05, 4.69) is 104 Å². The summed E-state index contributed by atoms with van der Waals surface area (Å²) in [6.45, 7) is 9.04. The highest BCUT2D eigenvalue weighted by molar-refractivity contribution is 5.30. The Bertz CT molecular complexity index is 710. The van der Waals surface area contributed by atoms with E-state index in [1.807, 2.05) is 0 Å². The second kappa shape index (κ2) is 9.12. The van der Waals surface area contributed by atoms with Gasteiger partial charge in [0.1, 0.15) is 5.66 Å². The number of unbranched alkanes of at least 4 members (excludes halogenated alkanes) is 1. The Morgan fingerprint density at radius 1 is 0.815 bits per heavy atom. The van der Waals surface area contributed by atoms with Crippen LogP contribution < -0.4 is 0 Å². The summed E-state index contributed by atoms with van der Waals surface area (Å²) < 4.78 is 0. The Labute approximate surface area is 165 Å². The minimum absolute atomic E-state index is 0.0403. The van der Waals surface area contributed by atoms with Gasteiger partial charge >= 0.3 is 0 Å². The summed E-state index contributed by atoms with van der Waals surface area (Å²) >= 11 is 0. The molecule has 0 amide bonds. The Balaban J connectivity index is 2.08. The minimum atomic E-state index is -0.0403. The number of hydrogen-bond acceptors (Lipinski definition) is 2. The predicted octanol–water partition coefficient (Wildman–Crippen LogP) is 6.03. The molecule has 2 heteroatoms. The summed E-state index contributed by atoms with van der Waals surface area (Å²) in [6, 6.07) is 22.1. The molecule has 2 aromatic carbocycles. The van der Waals surface area contributed by atoms with Gasteiger partial charge in [-0.15, -0.1) is 0 Å². The van der Waals surface area contributed by atoms with Gasteiger partial charge in [-0.25, -0.2) is 0 Å². The fraction of sp³-hybridized carbons (Fsp3) is 0.440. The van der Waals surface area contributed by atoms with E-state index in [1.165, 1.54) is 24.0 Å². The van der Waals surface area contributed by atoms with E-state index in [0.717, 1.165) is 25.9 Å². The van der Waals surface area contributed by atoms with Gasteiger partial charge in [-0.2, -0.15) is 0 Å². The van der Waals surface area contributed by atoms with E-state index in [1.54, 1.807) is 0 Å². The summed E-state index contributed by atoms with van der Waals surface area (Å²) in [5.41, 5.74) is 2.82. The molecule has 2 unspecified atom stereocenters. The van der Waals surface area contributed by atoms with Crippen molar-refractivity contribution in [2.75, 3.05) is 13.1 Å². The molecule has 2 aromatic rings. The number of rotatable bonds is 9. The molecule has 1 aliphatic heterocycles. The van der Waals surface area contributed by atoms with Crippen LogP contribution in [0.4, 0.5) is 0 Å². The van der Waals surface area contributed by atoms with E-state index >= 15 is 0 Å². The molecule has 0 aromatic heterocycles. The molecule has 0 spiro atoms. The smallest absolute Gasteiger partial charge is 0.123 e. The molecule has 144 valence electrons. The highest BCUT2D eigenvalue weighted by Gasteiger charge is 2.48. The lowest BCUT2D eigenvalue weighted by Gasteiger charge is -2.51. The van der Waals surface area contributed by atoms with Crippen molar-refractivity contribution in [1.29, 1.82) is 0 Å². The average Bonchev–Trinajstić information content (AvgIpc) is 3.06. The number of benzene rings is 2. The van der Waals surface area contributed by atoms with Crippen LogP contribution in [0.15, 0.2) is 73.1 Å². The van der Waals surface area contributed by atoms with E-state index in [0.29, 0.717) is 5.92 Å². The zero-order chi connectivity index (χ0) is 19.1. The number of likely N-dealkylation sites (N-methyl/N-ethyl adjacent to an activating group) is 1. The normalized spacial score (nSPS) is 20.3. The van der Waals surface area contributed by atoms with E-state index in [-0.39, 0.29) is 5.66 Å². The summed E-state index contributed by atoms with van der Waals surface area (Å²) in [7, 11) is 0. The molecule has 0 aliphatic carbocycles. The Morgan fingerprint density at radius 2 is 1.44 bits per heavy atom. The van der Waals surface area contributed by atoms with Gasteiger partial charge in [-0.05, 0) is 30.9 Å². The van der Waals surface area contributed by atoms with Crippen LogP contribution in [0, 0.1) is 0 Å². The van der Waals surface area contributed by atoms with E-state index < -0.39 is 0 Å². The van der Waals surface area contributed by atoms with E-state index in [4.69, 9.17) is 0 Å². The molecule has 0 saturated carbocycles. The van der Waals surface area contributed by atoms with Gasteiger partial charge in [0.15, 0.2) is 0 Å². The maximum Gasteiger partial charge on any atom is 0.123 e. The molecule has 3 rings (SSSR count). The van der Waals surface area contributed by atoms with Crippen molar-refractivity contribution in [3.05, 3.63) is 84.2 Å². The maximum absolute atomic E-state index is 2.63. The second-order valence-corrected chi connectivity index (χ2v) is 7.54. The summed E-state index contributed by atoms with van der Waals surface area (Å²) in [5, 5.41) is 0. The quantitative estimate of drug-likeness (QED) is 0.537. The highest BCUT2D eigenvalue weighted by atomic mass is 15.4. The zero-order valence-corrected chi connectivity index (χ0v) is 17.1.